The van der Waals surface area contributed by atoms with E-state index in [2.05, 4.69) is 10.6 Å². The van der Waals surface area contributed by atoms with E-state index in [-0.39, 0.29) is 13.0 Å². The van der Waals surface area contributed by atoms with Gasteiger partial charge >= 0.3 is 6.09 Å². The highest BCUT2D eigenvalue weighted by Gasteiger charge is 2.29. The lowest BCUT2D eigenvalue weighted by molar-refractivity contribution is -0.130. The van der Waals surface area contributed by atoms with E-state index in [0.29, 0.717) is 0 Å². The standard InChI is InChI=1S/C21H25N3O5/c1-14(25)18(24-21(28)29-13-16-10-6-3-7-11-16)20(27)23-17(19(22)26)12-15-8-4-2-5-9-15/h2-11,14,17-18,25H,12-13H2,1H3,(H2,22,26)(H,23,27)(H,24,28)/t14-,17+,18+/m0/s1. The van der Waals surface area contributed by atoms with E-state index in [1.54, 1.807) is 48.5 Å². The number of aliphatic hydroxyl groups is 1. The zero-order chi connectivity index (χ0) is 21.2. The molecule has 0 aromatic heterocycles. The van der Waals surface area contributed by atoms with Crippen LogP contribution in [-0.4, -0.2) is 41.2 Å². The van der Waals surface area contributed by atoms with Gasteiger partial charge in [0.2, 0.25) is 11.8 Å². The van der Waals surface area contributed by atoms with Crippen molar-refractivity contribution in [2.75, 3.05) is 0 Å². The van der Waals surface area contributed by atoms with E-state index >= 15 is 0 Å². The van der Waals surface area contributed by atoms with Gasteiger partial charge in [-0.25, -0.2) is 4.79 Å². The minimum atomic E-state index is -1.31. The first-order valence-corrected chi connectivity index (χ1v) is 9.15. The molecule has 0 radical (unpaired) electrons. The Hall–Kier alpha value is -3.39. The molecule has 3 amide bonds. The highest BCUT2D eigenvalue weighted by Crippen LogP contribution is 2.05. The molecule has 0 fully saturated rings. The molecule has 3 atom stereocenters. The molecule has 0 aliphatic heterocycles. The molecule has 2 aromatic rings. The van der Waals surface area contributed by atoms with Crippen molar-refractivity contribution in [2.24, 2.45) is 5.73 Å². The van der Waals surface area contributed by atoms with Crippen LogP contribution < -0.4 is 16.4 Å². The van der Waals surface area contributed by atoms with Gasteiger partial charge in [-0.2, -0.15) is 0 Å². The topological polar surface area (TPSA) is 131 Å². The van der Waals surface area contributed by atoms with Gasteiger partial charge in [-0.05, 0) is 18.1 Å². The normalized spacial score (nSPS) is 13.6. The number of aliphatic hydroxyl groups excluding tert-OH is 1. The van der Waals surface area contributed by atoms with Crippen molar-refractivity contribution in [1.29, 1.82) is 0 Å². The predicted octanol–water partition coefficient (Wildman–Crippen LogP) is 0.875. The molecule has 29 heavy (non-hydrogen) atoms. The number of carbonyl (C=O) groups excluding carboxylic acids is 3. The van der Waals surface area contributed by atoms with Gasteiger partial charge in [0.1, 0.15) is 18.7 Å². The number of carbonyl (C=O) groups is 3. The molecule has 0 saturated carbocycles. The first-order chi connectivity index (χ1) is 13.9. The maximum absolute atomic E-state index is 12.6. The summed E-state index contributed by atoms with van der Waals surface area (Å²) in [6.07, 6.45) is -1.90. The smallest absolute Gasteiger partial charge is 0.408 e. The maximum atomic E-state index is 12.6. The Balaban J connectivity index is 1.96. The van der Waals surface area contributed by atoms with Crippen molar-refractivity contribution in [1.82, 2.24) is 10.6 Å². The summed E-state index contributed by atoms with van der Waals surface area (Å²) in [5.41, 5.74) is 6.98. The van der Waals surface area contributed by atoms with Gasteiger partial charge < -0.3 is 26.2 Å². The van der Waals surface area contributed by atoms with Gasteiger partial charge in [0.15, 0.2) is 0 Å². The number of ether oxygens (including phenoxy) is 1. The Morgan fingerprint density at radius 3 is 2.03 bits per heavy atom. The summed E-state index contributed by atoms with van der Waals surface area (Å²) >= 11 is 0. The van der Waals surface area contributed by atoms with Crippen molar-refractivity contribution in [3.63, 3.8) is 0 Å². The molecule has 0 heterocycles. The lowest BCUT2D eigenvalue weighted by atomic mass is 10.0. The quantitative estimate of drug-likeness (QED) is 0.497. The summed E-state index contributed by atoms with van der Waals surface area (Å²) in [5.74, 6) is -1.46. The van der Waals surface area contributed by atoms with Crippen molar-refractivity contribution in [3.8, 4) is 0 Å². The number of hydrogen-bond acceptors (Lipinski definition) is 5. The van der Waals surface area contributed by atoms with Crippen LogP contribution in [0.4, 0.5) is 4.79 Å². The van der Waals surface area contributed by atoms with Crippen LogP contribution in [-0.2, 0) is 27.4 Å². The SMILES string of the molecule is C[C@H](O)[C@@H](NC(=O)OCc1ccccc1)C(=O)N[C@H](Cc1ccccc1)C(N)=O. The fraction of sp³-hybridized carbons (Fsp3) is 0.286. The second-order valence-corrected chi connectivity index (χ2v) is 6.58. The van der Waals surface area contributed by atoms with Crippen molar-refractivity contribution in [3.05, 3.63) is 71.8 Å². The van der Waals surface area contributed by atoms with Gasteiger partial charge in [-0.15, -0.1) is 0 Å². The number of benzene rings is 2. The number of primary amides is 1. The van der Waals surface area contributed by atoms with Crippen LogP contribution in [0.15, 0.2) is 60.7 Å². The molecule has 5 N–H and O–H groups in total. The van der Waals surface area contributed by atoms with Gasteiger partial charge in [-0.3, -0.25) is 9.59 Å². The predicted molar refractivity (Wildman–Crippen MR) is 107 cm³/mol. The Kier molecular flexibility index (Phi) is 8.17. The first kappa shape index (κ1) is 21.9. The van der Waals surface area contributed by atoms with E-state index in [1.165, 1.54) is 6.92 Å². The number of hydrogen-bond donors (Lipinski definition) is 4. The van der Waals surface area contributed by atoms with Crippen LogP contribution in [0.2, 0.25) is 0 Å². The summed E-state index contributed by atoms with van der Waals surface area (Å²) in [7, 11) is 0. The van der Waals surface area contributed by atoms with Crippen molar-refractivity contribution < 1.29 is 24.2 Å². The van der Waals surface area contributed by atoms with E-state index in [9.17, 15) is 19.5 Å². The third-order valence-electron chi connectivity index (χ3n) is 4.19. The number of nitrogens with two attached hydrogens (primary N) is 1. The zero-order valence-corrected chi connectivity index (χ0v) is 16.1. The molecule has 8 heteroatoms. The van der Waals surface area contributed by atoms with Crippen LogP contribution >= 0.6 is 0 Å². The number of amides is 3. The molecule has 0 spiro atoms. The summed E-state index contributed by atoms with van der Waals surface area (Å²) in [6, 6.07) is 15.7. The fourth-order valence-corrected chi connectivity index (χ4v) is 2.63. The average Bonchev–Trinajstić information content (AvgIpc) is 2.71. The molecule has 0 aliphatic carbocycles. The van der Waals surface area contributed by atoms with E-state index < -0.39 is 36.1 Å². The summed E-state index contributed by atoms with van der Waals surface area (Å²) in [5, 5.41) is 14.7. The fourth-order valence-electron chi connectivity index (χ4n) is 2.63. The Labute approximate surface area is 169 Å². The minimum absolute atomic E-state index is 0.0126. The lowest BCUT2D eigenvalue weighted by Crippen LogP contribution is -2.57. The van der Waals surface area contributed by atoms with E-state index in [1.807, 2.05) is 12.1 Å². The molecule has 0 saturated heterocycles. The van der Waals surface area contributed by atoms with Crippen LogP contribution in [0.25, 0.3) is 0 Å². The monoisotopic (exact) mass is 399 g/mol. The summed E-state index contributed by atoms with van der Waals surface area (Å²) in [4.78, 5) is 36.3. The average molecular weight is 399 g/mol. The molecule has 8 nitrogen and oxygen atoms in total. The number of rotatable bonds is 9. The van der Waals surface area contributed by atoms with Crippen LogP contribution in [0.5, 0.6) is 0 Å². The third-order valence-corrected chi connectivity index (χ3v) is 4.19. The number of alkyl carbamates (subject to hydrolysis) is 1. The Bertz CT molecular complexity index is 812. The Morgan fingerprint density at radius 1 is 0.966 bits per heavy atom. The molecule has 0 unspecified atom stereocenters. The van der Waals surface area contributed by atoms with Gasteiger partial charge in [0.25, 0.3) is 0 Å². The molecule has 2 aromatic carbocycles. The Morgan fingerprint density at radius 2 is 1.52 bits per heavy atom. The van der Waals surface area contributed by atoms with Gasteiger partial charge in [0.05, 0.1) is 6.10 Å². The van der Waals surface area contributed by atoms with Crippen LogP contribution in [0.1, 0.15) is 18.1 Å². The highest BCUT2D eigenvalue weighted by molar-refractivity contribution is 5.91. The molecular weight excluding hydrogens is 374 g/mol. The molecule has 154 valence electrons. The van der Waals surface area contributed by atoms with Crippen molar-refractivity contribution >= 4 is 17.9 Å². The highest BCUT2D eigenvalue weighted by atomic mass is 16.5. The van der Waals surface area contributed by atoms with Gasteiger partial charge in [0, 0.05) is 6.42 Å². The van der Waals surface area contributed by atoms with Crippen LogP contribution in [0.3, 0.4) is 0 Å². The van der Waals surface area contributed by atoms with Crippen LogP contribution in [0, 0.1) is 0 Å². The number of nitrogens with one attached hydrogen (secondary N) is 2. The zero-order valence-electron chi connectivity index (χ0n) is 16.1. The van der Waals surface area contributed by atoms with E-state index in [4.69, 9.17) is 10.5 Å². The molecule has 0 aliphatic rings. The molecular formula is C21H25N3O5. The molecule has 2 rings (SSSR count). The second-order valence-electron chi connectivity index (χ2n) is 6.58. The molecule has 0 bridgehead atoms. The van der Waals surface area contributed by atoms with E-state index in [0.717, 1.165) is 11.1 Å². The minimum Gasteiger partial charge on any atom is -0.445 e. The van der Waals surface area contributed by atoms with Gasteiger partial charge in [-0.1, -0.05) is 60.7 Å². The second kappa shape index (κ2) is 10.8. The largest absolute Gasteiger partial charge is 0.445 e. The van der Waals surface area contributed by atoms with Crippen molar-refractivity contribution in [2.45, 2.75) is 38.1 Å². The lowest BCUT2D eigenvalue weighted by Gasteiger charge is -2.23. The maximum Gasteiger partial charge on any atom is 0.408 e. The summed E-state index contributed by atoms with van der Waals surface area (Å²) in [6.45, 7) is 1.36. The first-order valence-electron chi connectivity index (χ1n) is 9.15. The summed E-state index contributed by atoms with van der Waals surface area (Å²) < 4.78 is 5.07. The third kappa shape index (κ3) is 7.27.